The van der Waals surface area contributed by atoms with E-state index in [1.54, 1.807) is 11.3 Å². The molecule has 1 heterocycles. The minimum Gasteiger partial charge on any atom is -0.373 e. The van der Waals surface area contributed by atoms with Crippen molar-refractivity contribution in [3.05, 3.63) is 20.8 Å². The average molecular weight is 303 g/mol. The summed E-state index contributed by atoms with van der Waals surface area (Å²) in [7, 11) is 0. The minimum atomic E-state index is 0.472. The molecule has 0 aliphatic heterocycles. The Kier molecular flexibility index (Phi) is 4.45. The van der Waals surface area contributed by atoms with E-state index in [9.17, 15) is 0 Å². The van der Waals surface area contributed by atoms with Gasteiger partial charge in [-0.25, -0.2) is 0 Å². The molecule has 0 amide bonds. The third-order valence-corrected chi connectivity index (χ3v) is 4.82. The van der Waals surface area contributed by atoms with Crippen LogP contribution in [0.1, 0.15) is 38.0 Å². The largest absolute Gasteiger partial charge is 0.373 e. The van der Waals surface area contributed by atoms with Gasteiger partial charge in [0.05, 0.1) is 16.5 Å². The van der Waals surface area contributed by atoms with E-state index in [0.717, 1.165) is 18.4 Å². The lowest BCUT2D eigenvalue weighted by molar-refractivity contribution is -0.00803. The van der Waals surface area contributed by atoms with Crippen molar-refractivity contribution in [3.8, 4) is 0 Å². The van der Waals surface area contributed by atoms with Crippen molar-refractivity contribution in [2.24, 2.45) is 11.8 Å². The van der Waals surface area contributed by atoms with Gasteiger partial charge in [-0.2, -0.15) is 0 Å². The normalized spacial score (nSPS) is 30.6. The van der Waals surface area contributed by atoms with Crippen molar-refractivity contribution in [3.63, 3.8) is 0 Å². The highest BCUT2D eigenvalue weighted by Crippen LogP contribution is 2.31. The monoisotopic (exact) mass is 302 g/mol. The fraction of sp³-hybridized carbons (Fsp3) is 0.692. The zero-order valence-electron chi connectivity index (χ0n) is 9.91. The summed E-state index contributed by atoms with van der Waals surface area (Å²) < 4.78 is 7.20. The molecule has 1 fully saturated rings. The predicted molar refractivity (Wildman–Crippen MR) is 72.8 cm³/mol. The highest BCUT2D eigenvalue weighted by atomic mass is 79.9. The van der Waals surface area contributed by atoms with Gasteiger partial charge in [0.15, 0.2) is 0 Å². The number of rotatable bonds is 3. The van der Waals surface area contributed by atoms with Crippen LogP contribution in [0.2, 0.25) is 0 Å². The minimum absolute atomic E-state index is 0.472. The summed E-state index contributed by atoms with van der Waals surface area (Å²) in [6.07, 6.45) is 4.30. The molecule has 2 unspecified atom stereocenters. The third kappa shape index (κ3) is 3.57. The molecule has 0 bridgehead atoms. The number of halogens is 1. The van der Waals surface area contributed by atoms with Gasteiger partial charge in [0.1, 0.15) is 0 Å². The maximum atomic E-state index is 6.01. The SMILES string of the molecule is CC1CC(C)CC(OCc2ccc(Br)s2)C1. The van der Waals surface area contributed by atoms with Gasteiger partial charge in [0, 0.05) is 4.88 Å². The first-order chi connectivity index (χ1) is 7.63. The number of hydrogen-bond acceptors (Lipinski definition) is 2. The van der Waals surface area contributed by atoms with Gasteiger partial charge >= 0.3 is 0 Å². The predicted octanol–water partition coefficient (Wildman–Crippen LogP) is 4.85. The molecule has 1 aromatic heterocycles. The quantitative estimate of drug-likeness (QED) is 0.775. The molecule has 1 aromatic rings. The maximum absolute atomic E-state index is 6.01. The molecule has 3 heteroatoms. The molecule has 0 radical (unpaired) electrons. The molecule has 2 rings (SSSR count). The summed E-state index contributed by atoms with van der Waals surface area (Å²) in [5.41, 5.74) is 0. The average Bonchev–Trinajstić information content (AvgIpc) is 2.60. The first-order valence-electron chi connectivity index (χ1n) is 5.99. The summed E-state index contributed by atoms with van der Waals surface area (Å²) in [6.45, 7) is 5.46. The molecule has 1 saturated carbocycles. The van der Waals surface area contributed by atoms with Gasteiger partial charge in [-0.3, -0.25) is 0 Å². The zero-order chi connectivity index (χ0) is 11.5. The summed E-state index contributed by atoms with van der Waals surface area (Å²) >= 11 is 5.25. The van der Waals surface area contributed by atoms with Crippen LogP contribution in [-0.4, -0.2) is 6.10 Å². The highest BCUT2D eigenvalue weighted by Gasteiger charge is 2.24. The molecule has 1 aliphatic carbocycles. The lowest BCUT2D eigenvalue weighted by Crippen LogP contribution is -2.26. The van der Waals surface area contributed by atoms with E-state index in [2.05, 4.69) is 41.9 Å². The van der Waals surface area contributed by atoms with E-state index in [1.165, 1.54) is 27.9 Å². The molecule has 1 nitrogen and oxygen atoms in total. The lowest BCUT2D eigenvalue weighted by atomic mass is 9.82. The fourth-order valence-corrected chi connectivity index (χ4v) is 4.04. The van der Waals surface area contributed by atoms with Crippen LogP contribution in [0.3, 0.4) is 0 Å². The van der Waals surface area contributed by atoms with E-state index < -0.39 is 0 Å². The third-order valence-electron chi connectivity index (χ3n) is 3.23. The Bertz CT molecular complexity index is 326. The number of ether oxygens (including phenoxy) is 1. The fourth-order valence-electron chi connectivity index (χ4n) is 2.64. The summed E-state index contributed by atoms with van der Waals surface area (Å²) in [5, 5.41) is 0. The Balaban J connectivity index is 1.81. The Labute approximate surface area is 110 Å². The van der Waals surface area contributed by atoms with Crippen LogP contribution in [0.4, 0.5) is 0 Å². The molecular formula is C13H19BrOS. The Morgan fingerprint density at radius 3 is 2.50 bits per heavy atom. The second-order valence-corrected chi connectivity index (χ2v) is 7.60. The number of hydrogen-bond donors (Lipinski definition) is 0. The van der Waals surface area contributed by atoms with Crippen molar-refractivity contribution in [1.82, 2.24) is 0 Å². The van der Waals surface area contributed by atoms with Crippen molar-refractivity contribution in [2.45, 2.75) is 45.8 Å². The standard InChI is InChI=1S/C13H19BrOS/c1-9-5-10(2)7-11(6-9)15-8-12-3-4-13(14)16-12/h3-4,9-11H,5-8H2,1-2H3. The molecular weight excluding hydrogens is 284 g/mol. The second kappa shape index (κ2) is 5.65. The summed E-state index contributed by atoms with van der Waals surface area (Å²) in [6, 6.07) is 4.24. The molecule has 90 valence electrons. The number of thiophene rings is 1. The first-order valence-corrected chi connectivity index (χ1v) is 7.60. The lowest BCUT2D eigenvalue weighted by Gasteiger charge is -2.31. The van der Waals surface area contributed by atoms with Crippen molar-refractivity contribution >= 4 is 27.3 Å². The van der Waals surface area contributed by atoms with Crippen molar-refractivity contribution in [1.29, 1.82) is 0 Å². The van der Waals surface area contributed by atoms with E-state index in [0.29, 0.717) is 6.10 Å². The highest BCUT2D eigenvalue weighted by molar-refractivity contribution is 9.11. The Hall–Kier alpha value is 0.140. The molecule has 0 N–H and O–H groups in total. The van der Waals surface area contributed by atoms with E-state index in [1.807, 2.05) is 0 Å². The second-order valence-electron chi connectivity index (χ2n) is 5.06. The van der Waals surface area contributed by atoms with Crippen LogP contribution in [0.5, 0.6) is 0 Å². The van der Waals surface area contributed by atoms with Crippen molar-refractivity contribution < 1.29 is 4.74 Å². The van der Waals surface area contributed by atoms with Gasteiger partial charge in [0.2, 0.25) is 0 Å². The molecule has 0 saturated heterocycles. The Morgan fingerprint density at radius 2 is 1.94 bits per heavy atom. The van der Waals surface area contributed by atoms with E-state index >= 15 is 0 Å². The van der Waals surface area contributed by atoms with Gasteiger partial charge in [0.25, 0.3) is 0 Å². The smallest absolute Gasteiger partial charge is 0.0813 e. The van der Waals surface area contributed by atoms with E-state index in [-0.39, 0.29) is 0 Å². The zero-order valence-corrected chi connectivity index (χ0v) is 12.3. The first kappa shape index (κ1) is 12.6. The van der Waals surface area contributed by atoms with Gasteiger partial charge in [-0.1, -0.05) is 13.8 Å². The van der Waals surface area contributed by atoms with Crippen molar-refractivity contribution in [2.75, 3.05) is 0 Å². The molecule has 0 spiro atoms. The van der Waals surface area contributed by atoms with E-state index in [4.69, 9.17) is 4.74 Å². The van der Waals surface area contributed by atoms with Crippen LogP contribution in [0.25, 0.3) is 0 Å². The summed E-state index contributed by atoms with van der Waals surface area (Å²) in [5.74, 6) is 1.65. The molecule has 2 atom stereocenters. The van der Waals surface area contributed by atoms with Crippen LogP contribution in [-0.2, 0) is 11.3 Å². The van der Waals surface area contributed by atoms with Gasteiger partial charge < -0.3 is 4.74 Å². The van der Waals surface area contributed by atoms with Gasteiger partial charge in [-0.15, -0.1) is 11.3 Å². The topological polar surface area (TPSA) is 9.23 Å². The molecule has 1 aliphatic rings. The van der Waals surface area contributed by atoms with Crippen LogP contribution in [0.15, 0.2) is 15.9 Å². The Morgan fingerprint density at radius 1 is 1.25 bits per heavy atom. The van der Waals surface area contributed by atoms with Crippen LogP contribution < -0.4 is 0 Å². The maximum Gasteiger partial charge on any atom is 0.0813 e. The van der Waals surface area contributed by atoms with Crippen LogP contribution in [0, 0.1) is 11.8 Å². The van der Waals surface area contributed by atoms with Crippen LogP contribution >= 0.6 is 27.3 Å². The van der Waals surface area contributed by atoms with Gasteiger partial charge in [-0.05, 0) is 59.2 Å². The molecule has 16 heavy (non-hydrogen) atoms. The summed E-state index contributed by atoms with van der Waals surface area (Å²) in [4.78, 5) is 1.32. The molecule has 0 aromatic carbocycles.